The molecule has 1 aromatic heterocycles. The van der Waals surface area contributed by atoms with Crippen molar-refractivity contribution < 1.29 is 9.47 Å². The third-order valence-corrected chi connectivity index (χ3v) is 4.94. The van der Waals surface area contributed by atoms with Crippen LogP contribution in [-0.2, 0) is 0 Å². The van der Waals surface area contributed by atoms with E-state index in [9.17, 15) is 0 Å². The normalized spacial score (nSPS) is 14.1. The molecule has 2 aromatic carbocycles. The summed E-state index contributed by atoms with van der Waals surface area (Å²) in [6.07, 6.45) is 1.54. The number of halogens is 1. The van der Waals surface area contributed by atoms with Crippen LogP contribution in [0.15, 0.2) is 60.9 Å². The van der Waals surface area contributed by atoms with Crippen LogP contribution < -0.4 is 19.3 Å². The number of hydrogen-bond acceptors (Lipinski definition) is 6. The van der Waals surface area contributed by atoms with Gasteiger partial charge in [-0.25, -0.2) is 9.97 Å². The summed E-state index contributed by atoms with van der Waals surface area (Å²) in [6.45, 7) is 3.55. The number of aromatic nitrogens is 2. The summed E-state index contributed by atoms with van der Waals surface area (Å²) < 4.78 is 11.1. The van der Waals surface area contributed by atoms with Crippen LogP contribution in [0.2, 0.25) is 5.02 Å². The Hall–Kier alpha value is -2.99. The minimum atomic E-state index is 0.516. The first-order valence-corrected chi connectivity index (χ1v) is 9.48. The number of piperazine rings is 1. The van der Waals surface area contributed by atoms with Crippen molar-refractivity contribution in [3.63, 3.8) is 0 Å². The van der Waals surface area contributed by atoms with Crippen LogP contribution in [0, 0.1) is 0 Å². The highest BCUT2D eigenvalue weighted by Gasteiger charge is 2.19. The van der Waals surface area contributed by atoms with Crippen molar-refractivity contribution in [1.82, 2.24) is 9.97 Å². The van der Waals surface area contributed by atoms with Crippen molar-refractivity contribution in [3.8, 4) is 17.4 Å². The molecular formula is C21H21ClN4O2. The summed E-state index contributed by atoms with van der Waals surface area (Å²) >= 11 is 5.92. The van der Waals surface area contributed by atoms with Gasteiger partial charge in [-0.15, -0.1) is 0 Å². The highest BCUT2D eigenvalue weighted by atomic mass is 35.5. The first kappa shape index (κ1) is 18.4. The van der Waals surface area contributed by atoms with Crippen molar-refractivity contribution in [2.75, 3.05) is 43.1 Å². The van der Waals surface area contributed by atoms with Crippen molar-refractivity contribution in [3.05, 3.63) is 65.9 Å². The number of benzene rings is 2. The zero-order chi connectivity index (χ0) is 19.3. The summed E-state index contributed by atoms with van der Waals surface area (Å²) in [6, 6.07) is 17.2. The lowest BCUT2D eigenvalue weighted by molar-refractivity contribution is 0.414. The van der Waals surface area contributed by atoms with Crippen LogP contribution in [-0.4, -0.2) is 43.3 Å². The van der Waals surface area contributed by atoms with E-state index in [-0.39, 0.29) is 0 Å². The van der Waals surface area contributed by atoms with E-state index in [1.54, 1.807) is 19.2 Å². The Morgan fingerprint density at radius 3 is 2.36 bits per heavy atom. The van der Waals surface area contributed by atoms with Crippen LogP contribution in [0.25, 0.3) is 0 Å². The number of rotatable bonds is 5. The molecule has 0 unspecified atom stereocenters. The molecule has 0 radical (unpaired) electrons. The van der Waals surface area contributed by atoms with Crippen LogP contribution in [0.5, 0.6) is 17.4 Å². The lowest BCUT2D eigenvalue weighted by atomic mass is 10.2. The Labute approximate surface area is 169 Å². The second-order valence-corrected chi connectivity index (χ2v) is 6.88. The maximum atomic E-state index is 5.92. The molecule has 1 saturated heterocycles. The Bertz CT molecular complexity index is 928. The second-order valence-electron chi connectivity index (χ2n) is 6.45. The van der Waals surface area contributed by atoms with Crippen LogP contribution >= 0.6 is 11.6 Å². The molecule has 0 saturated carbocycles. The number of ether oxygens (including phenoxy) is 2. The van der Waals surface area contributed by atoms with E-state index in [0.717, 1.165) is 37.7 Å². The zero-order valence-corrected chi connectivity index (χ0v) is 16.3. The molecule has 1 fully saturated rings. The zero-order valence-electron chi connectivity index (χ0n) is 15.6. The van der Waals surface area contributed by atoms with E-state index >= 15 is 0 Å². The molecular weight excluding hydrogens is 376 g/mol. The average molecular weight is 397 g/mol. The van der Waals surface area contributed by atoms with Gasteiger partial charge in [0.25, 0.3) is 0 Å². The maximum Gasteiger partial charge on any atom is 0.224 e. The Kier molecular flexibility index (Phi) is 5.48. The van der Waals surface area contributed by atoms with Crippen molar-refractivity contribution >= 4 is 23.1 Å². The topological polar surface area (TPSA) is 50.7 Å². The predicted molar refractivity (Wildman–Crippen MR) is 111 cm³/mol. The van der Waals surface area contributed by atoms with Gasteiger partial charge >= 0.3 is 0 Å². The fourth-order valence-electron chi connectivity index (χ4n) is 3.18. The number of methoxy groups -OCH3 is 1. The van der Waals surface area contributed by atoms with Gasteiger partial charge in [-0.1, -0.05) is 17.7 Å². The molecule has 144 valence electrons. The fourth-order valence-corrected chi connectivity index (χ4v) is 3.31. The van der Waals surface area contributed by atoms with Gasteiger partial charge in [-0.3, -0.25) is 0 Å². The number of nitrogens with zero attached hydrogens (tertiary/aromatic N) is 4. The molecule has 4 rings (SSSR count). The van der Waals surface area contributed by atoms with Crippen LogP contribution in [0.1, 0.15) is 0 Å². The van der Waals surface area contributed by atoms with Gasteiger partial charge in [0.2, 0.25) is 5.88 Å². The van der Waals surface area contributed by atoms with Gasteiger partial charge < -0.3 is 19.3 Å². The highest BCUT2D eigenvalue weighted by Crippen LogP contribution is 2.26. The summed E-state index contributed by atoms with van der Waals surface area (Å²) in [5.41, 5.74) is 1.17. The van der Waals surface area contributed by atoms with Gasteiger partial charge in [0, 0.05) is 49.0 Å². The number of hydrogen-bond donors (Lipinski definition) is 0. The van der Waals surface area contributed by atoms with Gasteiger partial charge in [0.15, 0.2) is 0 Å². The highest BCUT2D eigenvalue weighted by molar-refractivity contribution is 6.30. The smallest absolute Gasteiger partial charge is 0.224 e. The lowest BCUT2D eigenvalue weighted by Crippen LogP contribution is -2.46. The van der Waals surface area contributed by atoms with Gasteiger partial charge in [-0.05, 0) is 36.4 Å². The van der Waals surface area contributed by atoms with Crippen LogP contribution in [0.4, 0.5) is 11.5 Å². The molecule has 0 amide bonds. The Morgan fingerprint density at radius 1 is 0.857 bits per heavy atom. The monoisotopic (exact) mass is 396 g/mol. The summed E-state index contributed by atoms with van der Waals surface area (Å²) in [7, 11) is 1.69. The SMILES string of the molecule is COc1cccc(N2CCN(c3cc(Oc4ccc(Cl)cc4)ncn3)CC2)c1. The van der Waals surface area contributed by atoms with Gasteiger partial charge in [-0.2, -0.15) is 0 Å². The molecule has 1 aliphatic heterocycles. The molecule has 6 nitrogen and oxygen atoms in total. The Balaban J connectivity index is 1.41. The second kappa shape index (κ2) is 8.35. The third kappa shape index (κ3) is 4.28. The minimum Gasteiger partial charge on any atom is -0.497 e. The number of anilines is 2. The summed E-state index contributed by atoms with van der Waals surface area (Å²) in [4.78, 5) is 13.2. The fraction of sp³-hybridized carbons (Fsp3) is 0.238. The predicted octanol–water partition coefficient (Wildman–Crippen LogP) is 4.26. The van der Waals surface area contributed by atoms with Crippen molar-refractivity contribution in [1.29, 1.82) is 0 Å². The standard InChI is InChI=1S/C21H21ClN4O2/c1-27-19-4-2-3-17(13-19)25-9-11-26(12-10-25)20-14-21(24-15-23-20)28-18-7-5-16(22)6-8-18/h2-8,13-15H,9-12H2,1H3. The van der Waals surface area contributed by atoms with E-state index in [4.69, 9.17) is 21.1 Å². The van der Waals surface area contributed by atoms with E-state index < -0.39 is 0 Å². The average Bonchev–Trinajstić information content (AvgIpc) is 2.76. The van der Waals surface area contributed by atoms with Gasteiger partial charge in [0.1, 0.15) is 23.6 Å². The quantitative estimate of drug-likeness (QED) is 0.642. The molecule has 3 aromatic rings. The maximum absolute atomic E-state index is 5.92. The molecule has 0 atom stereocenters. The first-order chi connectivity index (χ1) is 13.7. The minimum absolute atomic E-state index is 0.516. The van der Waals surface area contributed by atoms with Crippen molar-refractivity contribution in [2.24, 2.45) is 0 Å². The molecule has 28 heavy (non-hydrogen) atoms. The molecule has 0 spiro atoms. The molecule has 1 aliphatic rings. The molecule has 0 aliphatic carbocycles. The lowest BCUT2D eigenvalue weighted by Gasteiger charge is -2.36. The third-order valence-electron chi connectivity index (χ3n) is 4.69. The van der Waals surface area contributed by atoms with Crippen LogP contribution in [0.3, 0.4) is 0 Å². The largest absolute Gasteiger partial charge is 0.497 e. The molecule has 7 heteroatoms. The van der Waals surface area contributed by atoms with Crippen molar-refractivity contribution in [2.45, 2.75) is 0 Å². The van der Waals surface area contributed by atoms with E-state index in [0.29, 0.717) is 16.7 Å². The van der Waals surface area contributed by atoms with Gasteiger partial charge in [0.05, 0.1) is 7.11 Å². The summed E-state index contributed by atoms with van der Waals surface area (Å²) in [5.74, 6) is 2.95. The molecule has 0 bridgehead atoms. The summed E-state index contributed by atoms with van der Waals surface area (Å²) in [5, 5.41) is 0.671. The van der Waals surface area contributed by atoms with E-state index in [1.165, 1.54) is 12.0 Å². The van der Waals surface area contributed by atoms with E-state index in [2.05, 4.69) is 31.9 Å². The molecule has 2 heterocycles. The van der Waals surface area contributed by atoms with E-state index in [1.807, 2.05) is 30.3 Å². The molecule has 0 N–H and O–H groups in total. The Morgan fingerprint density at radius 2 is 1.61 bits per heavy atom. The first-order valence-electron chi connectivity index (χ1n) is 9.11.